The van der Waals surface area contributed by atoms with Crippen LogP contribution >= 0.6 is 0 Å². The van der Waals surface area contributed by atoms with Crippen molar-refractivity contribution >= 4 is 0 Å². The van der Waals surface area contributed by atoms with Crippen LogP contribution in [-0.4, -0.2) is 35.7 Å². The lowest BCUT2D eigenvalue weighted by molar-refractivity contribution is 0.0607. The van der Waals surface area contributed by atoms with E-state index in [0.717, 1.165) is 19.3 Å². The third-order valence-corrected chi connectivity index (χ3v) is 6.91. The van der Waals surface area contributed by atoms with Crippen LogP contribution in [0.2, 0.25) is 0 Å². The number of nitrogens with zero attached hydrogens (tertiary/aromatic N) is 1. The number of aliphatic hydroxyl groups is 1. The Labute approximate surface area is 150 Å². The van der Waals surface area contributed by atoms with Gasteiger partial charge in [0.25, 0.3) is 0 Å². The summed E-state index contributed by atoms with van der Waals surface area (Å²) in [7, 11) is 0. The van der Waals surface area contributed by atoms with Gasteiger partial charge in [-0.1, -0.05) is 48.5 Å². The SMILES string of the molecule is OC1CC2c3ccccc3C1(CCCN1CCCC1)c1ccccc12. The van der Waals surface area contributed by atoms with Crippen LogP contribution < -0.4 is 0 Å². The normalized spacial score (nSPS) is 30.3. The number of fused-ring (bicyclic) bond motifs is 1. The van der Waals surface area contributed by atoms with Crippen LogP contribution in [0.4, 0.5) is 0 Å². The highest BCUT2D eigenvalue weighted by molar-refractivity contribution is 5.60. The highest BCUT2D eigenvalue weighted by atomic mass is 16.3. The van der Waals surface area contributed by atoms with E-state index in [4.69, 9.17) is 0 Å². The van der Waals surface area contributed by atoms with Crippen LogP contribution in [0.25, 0.3) is 0 Å². The van der Waals surface area contributed by atoms with Gasteiger partial charge in [0.05, 0.1) is 6.10 Å². The Kier molecular flexibility index (Phi) is 3.72. The summed E-state index contributed by atoms with van der Waals surface area (Å²) in [5, 5.41) is 11.2. The first-order valence-electron chi connectivity index (χ1n) is 9.90. The molecule has 0 amide bonds. The van der Waals surface area contributed by atoms with Crippen molar-refractivity contribution in [2.45, 2.75) is 49.5 Å². The third-order valence-electron chi connectivity index (χ3n) is 6.91. The van der Waals surface area contributed by atoms with Crippen molar-refractivity contribution in [1.82, 2.24) is 4.90 Å². The molecule has 0 spiro atoms. The molecule has 1 heterocycles. The molecule has 1 saturated heterocycles. The van der Waals surface area contributed by atoms with Gasteiger partial charge in [-0.25, -0.2) is 0 Å². The van der Waals surface area contributed by atoms with E-state index >= 15 is 0 Å². The predicted molar refractivity (Wildman–Crippen MR) is 101 cm³/mol. The quantitative estimate of drug-likeness (QED) is 0.912. The maximum absolute atomic E-state index is 11.2. The van der Waals surface area contributed by atoms with Gasteiger partial charge < -0.3 is 10.0 Å². The van der Waals surface area contributed by atoms with Crippen LogP contribution in [-0.2, 0) is 5.41 Å². The average molecular weight is 333 g/mol. The van der Waals surface area contributed by atoms with Gasteiger partial charge in [0.2, 0.25) is 0 Å². The lowest BCUT2D eigenvalue weighted by Crippen LogP contribution is -2.50. The summed E-state index contributed by atoms with van der Waals surface area (Å²) in [6, 6.07) is 17.7. The summed E-state index contributed by atoms with van der Waals surface area (Å²) in [6.45, 7) is 3.68. The lowest BCUT2D eigenvalue weighted by Gasteiger charge is -2.52. The first-order valence-corrected chi connectivity index (χ1v) is 9.90. The minimum Gasteiger partial charge on any atom is -0.392 e. The Morgan fingerprint density at radius 3 is 2.16 bits per heavy atom. The van der Waals surface area contributed by atoms with Gasteiger partial charge >= 0.3 is 0 Å². The lowest BCUT2D eigenvalue weighted by atomic mass is 9.52. The summed E-state index contributed by atoms with van der Waals surface area (Å²) >= 11 is 0. The highest BCUT2D eigenvalue weighted by Gasteiger charge is 2.53. The van der Waals surface area contributed by atoms with E-state index in [1.807, 2.05) is 0 Å². The van der Waals surface area contributed by atoms with Crippen molar-refractivity contribution in [1.29, 1.82) is 0 Å². The van der Waals surface area contributed by atoms with Crippen molar-refractivity contribution < 1.29 is 5.11 Å². The maximum Gasteiger partial charge on any atom is 0.0686 e. The Hall–Kier alpha value is -1.64. The standard InChI is InChI=1S/C23H27NO/c25-22-16-19-17-8-1-3-10-20(17)23(22,21-11-4-2-9-18(19)21)12-7-15-24-13-5-6-14-24/h1-4,8-11,19,22,25H,5-7,12-16H2. The van der Waals surface area contributed by atoms with E-state index < -0.39 is 0 Å². The minimum atomic E-state index is -0.263. The van der Waals surface area contributed by atoms with Crippen LogP contribution in [0.3, 0.4) is 0 Å². The molecule has 1 unspecified atom stereocenters. The third kappa shape index (κ3) is 2.24. The van der Waals surface area contributed by atoms with Crippen molar-refractivity contribution in [3.05, 3.63) is 70.8 Å². The monoisotopic (exact) mass is 333 g/mol. The van der Waals surface area contributed by atoms with Crippen LogP contribution in [0.1, 0.15) is 60.3 Å². The number of hydrogen-bond acceptors (Lipinski definition) is 2. The molecular weight excluding hydrogens is 306 g/mol. The Morgan fingerprint density at radius 1 is 0.920 bits per heavy atom. The Morgan fingerprint density at radius 2 is 1.52 bits per heavy atom. The fourth-order valence-corrected chi connectivity index (χ4v) is 5.79. The highest BCUT2D eigenvalue weighted by Crippen LogP contribution is 2.58. The van der Waals surface area contributed by atoms with E-state index in [0.29, 0.717) is 5.92 Å². The molecule has 2 nitrogen and oxygen atoms in total. The zero-order chi connectivity index (χ0) is 16.9. The summed E-state index contributed by atoms with van der Waals surface area (Å²) in [6.07, 6.45) is 5.51. The molecular formula is C23H27NO. The van der Waals surface area contributed by atoms with Crippen molar-refractivity contribution in [2.75, 3.05) is 19.6 Å². The molecule has 1 aliphatic heterocycles. The largest absolute Gasteiger partial charge is 0.392 e. The van der Waals surface area contributed by atoms with Gasteiger partial charge in [-0.3, -0.25) is 0 Å². The minimum absolute atomic E-state index is 0.207. The molecule has 0 saturated carbocycles. The molecule has 1 fully saturated rings. The molecule has 0 radical (unpaired) electrons. The number of likely N-dealkylation sites (tertiary alicyclic amines) is 1. The summed E-state index contributed by atoms with van der Waals surface area (Å²) in [5.41, 5.74) is 5.47. The van der Waals surface area contributed by atoms with Crippen LogP contribution in [0, 0.1) is 0 Å². The smallest absolute Gasteiger partial charge is 0.0686 e. The molecule has 6 rings (SSSR count). The van der Waals surface area contributed by atoms with E-state index in [1.54, 1.807) is 0 Å². The van der Waals surface area contributed by atoms with E-state index in [-0.39, 0.29) is 11.5 Å². The van der Waals surface area contributed by atoms with E-state index in [2.05, 4.69) is 53.4 Å². The fraction of sp³-hybridized carbons (Fsp3) is 0.478. The molecule has 0 aromatic heterocycles. The molecule has 130 valence electrons. The van der Waals surface area contributed by atoms with Gasteiger partial charge in [-0.2, -0.15) is 0 Å². The number of hydrogen-bond donors (Lipinski definition) is 1. The molecule has 2 heteroatoms. The molecule has 3 aliphatic carbocycles. The molecule has 2 aromatic carbocycles. The molecule has 1 N–H and O–H groups in total. The average Bonchev–Trinajstić information content (AvgIpc) is 3.17. The zero-order valence-corrected chi connectivity index (χ0v) is 14.8. The molecule has 2 aromatic rings. The summed E-state index contributed by atoms with van der Waals surface area (Å²) in [4.78, 5) is 2.59. The number of benzene rings is 2. The molecule has 25 heavy (non-hydrogen) atoms. The van der Waals surface area contributed by atoms with Crippen molar-refractivity contribution in [3.63, 3.8) is 0 Å². The van der Waals surface area contributed by atoms with E-state index in [9.17, 15) is 5.11 Å². The first kappa shape index (κ1) is 15.6. The topological polar surface area (TPSA) is 23.5 Å². The first-order chi connectivity index (χ1) is 12.3. The van der Waals surface area contributed by atoms with Gasteiger partial charge in [0.1, 0.15) is 0 Å². The molecule has 2 bridgehead atoms. The Balaban J connectivity index is 1.55. The predicted octanol–water partition coefficient (Wildman–Crippen LogP) is 4.06. The second-order valence-electron chi connectivity index (χ2n) is 8.10. The van der Waals surface area contributed by atoms with Crippen LogP contribution in [0.15, 0.2) is 48.5 Å². The molecule has 1 atom stereocenters. The van der Waals surface area contributed by atoms with Gasteiger partial charge in [0.15, 0.2) is 0 Å². The molecule has 4 aliphatic rings. The van der Waals surface area contributed by atoms with Crippen molar-refractivity contribution in [3.8, 4) is 0 Å². The number of aliphatic hydroxyl groups excluding tert-OH is 1. The number of rotatable bonds is 4. The van der Waals surface area contributed by atoms with Gasteiger partial charge in [0, 0.05) is 11.3 Å². The Bertz CT molecular complexity index is 730. The fourth-order valence-electron chi connectivity index (χ4n) is 5.79. The second-order valence-corrected chi connectivity index (χ2v) is 8.10. The van der Waals surface area contributed by atoms with Gasteiger partial charge in [-0.05, 0) is 74.0 Å². The zero-order valence-electron chi connectivity index (χ0n) is 14.8. The summed E-state index contributed by atoms with van der Waals surface area (Å²) < 4.78 is 0. The maximum atomic E-state index is 11.2. The second kappa shape index (κ2) is 5.96. The van der Waals surface area contributed by atoms with Crippen LogP contribution in [0.5, 0.6) is 0 Å². The van der Waals surface area contributed by atoms with Crippen molar-refractivity contribution in [2.24, 2.45) is 0 Å². The summed E-state index contributed by atoms with van der Waals surface area (Å²) in [5.74, 6) is 0.364. The van der Waals surface area contributed by atoms with E-state index in [1.165, 1.54) is 54.7 Å². The van der Waals surface area contributed by atoms with Gasteiger partial charge in [-0.15, -0.1) is 0 Å².